The molecule has 0 aliphatic rings. The Hall–Kier alpha value is -2.54. The Morgan fingerprint density at radius 2 is 2.00 bits per heavy atom. The maximum absolute atomic E-state index is 12.2. The van der Waals surface area contributed by atoms with E-state index in [0.29, 0.717) is 11.5 Å². The number of carbonyl (C=O) groups is 1. The van der Waals surface area contributed by atoms with Crippen LogP contribution in [0.25, 0.3) is 11.4 Å². The molecule has 2 aromatic heterocycles. The lowest BCUT2D eigenvalue weighted by molar-refractivity contribution is 0.0981. The first kappa shape index (κ1) is 14.4. The number of rotatable bonds is 3. The van der Waals surface area contributed by atoms with Crippen LogP contribution in [0.2, 0.25) is 0 Å². The Morgan fingerprint density at radius 1 is 1.23 bits per heavy atom. The zero-order valence-electron chi connectivity index (χ0n) is 11.6. The van der Waals surface area contributed by atoms with Gasteiger partial charge in [-0.1, -0.05) is 21.1 Å². The molecular weight excluding hydrogens is 348 g/mol. The van der Waals surface area contributed by atoms with Crippen molar-refractivity contribution in [2.45, 2.75) is 6.92 Å². The molecule has 0 unspecified atom stereocenters. The van der Waals surface area contributed by atoms with Gasteiger partial charge in [-0.05, 0) is 42.8 Å². The second-order valence-corrected chi connectivity index (χ2v) is 5.49. The van der Waals surface area contributed by atoms with E-state index in [2.05, 4.69) is 36.4 Å². The normalized spacial score (nSPS) is 10.5. The van der Waals surface area contributed by atoms with Gasteiger partial charge in [-0.25, -0.2) is 0 Å². The van der Waals surface area contributed by atoms with Crippen molar-refractivity contribution >= 4 is 27.5 Å². The van der Waals surface area contributed by atoms with E-state index in [4.69, 9.17) is 4.52 Å². The van der Waals surface area contributed by atoms with Gasteiger partial charge in [0.2, 0.25) is 5.82 Å². The van der Waals surface area contributed by atoms with E-state index < -0.39 is 5.91 Å². The highest BCUT2D eigenvalue weighted by atomic mass is 79.9. The number of nitrogens with zero attached hydrogens (tertiary/aromatic N) is 3. The van der Waals surface area contributed by atoms with Gasteiger partial charge in [-0.2, -0.15) is 4.98 Å². The van der Waals surface area contributed by atoms with Crippen LogP contribution in [-0.2, 0) is 0 Å². The highest BCUT2D eigenvalue weighted by Crippen LogP contribution is 2.21. The minimum atomic E-state index is -0.446. The summed E-state index contributed by atoms with van der Waals surface area (Å²) in [6.45, 7) is 1.90. The van der Waals surface area contributed by atoms with Crippen LogP contribution >= 0.6 is 15.9 Å². The maximum Gasteiger partial charge on any atom is 0.316 e. The molecule has 6 nitrogen and oxygen atoms in total. The number of anilines is 1. The van der Waals surface area contributed by atoms with Gasteiger partial charge < -0.3 is 9.84 Å². The Balaban J connectivity index is 1.80. The Kier molecular flexibility index (Phi) is 3.97. The van der Waals surface area contributed by atoms with Crippen molar-refractivity contribution in [1.29, 1.82) is 0 Å². The predicted molar refractivity (Wildman–Crippen MR) is 84.4 cm³/mol. The van der Waals surface area contributed by atoms with E-state index in [1.54, 1.807) is 30.6 Å². The van der Waals surface area contributed by atoms with E-state index >= 15 is 0 Å². The van der Waals surface area contributed by atoms with Gasteiger partial charge in [0.25, 0.3) is 0 Å². The minimum absolute atomic E-state index is 0.0888. The molecule has 1 aromatic carbocycles. The average Bonchev–Trinajstić information content (AvgIpc) is 3.01. The lowest BCUT2D eigenvalue weighted by Gasteiger charge is -2.06. The van der Waals surface area contributed by atoms with Crippen LogP contribution in [0.3, 0.4) is 0 Å². The van der Waals surface area contributed by atoms with Crippen molar-refractivity contribution in [2.75, 3.05) is 5.32 Å². The van der Waals surface area contributed by atoms with Crippen LogP contribution in [0.5, 0.6) is 0 Å². The predicted octanol–water partition coefficient (Wildman–Crippen LogP) is 3.45. The number of amides is 1. The molecule has 22 heavy (non-hydrogen) atoms. The third kappa shape index (κ3) is 3.04. The molecule has 0 radical (unpaired) electrons. The molecule has 0 spiro atoms. The zero-order chi connectivity index (χ0) is 15.5. The fraction of sp³-hybridized carbons (Fsp3) is 0.0667. The van der Waals surface area contributed by atoms with Crippen LogP contribution < -0.4 is 5.32 Å². The Bertz CT molecular complexity index is 817. The van der Waals surface area contributed by atoms with Crippen LogP contribution in [0, 0.1) is 6.92 Å². The summed E-state index contributed by atoms with van der Waals surface area (Å²) in [7, 11) is 0. The van der Waals surface area contributed by atoms with Gasteiger partial charge in [0.05, 0.1) is 0 Å². The third-order valence-electron chi connectivity index (χ3n) is 3.00. The van der Waals surface area contributed by atoms with Crippen LogP contribution in [-0.4, -0.2) is 21.0 Å². The van der Waals surface area contributed by atoms with Crippen LogP contribution in [0.4, 0.5) is 5.69 Å². The first-order valence-electron chi connectivity index (χ1n) is 6.45. The number of pyridine rings is 1. The summed E-state index contributed by atoms with van der Waals surface area (Å²) in [6, 6.07) is 9.04. The molecule has 1 N–H and O–H groups in total. The molecule has 3 aromatic rings. The minimum Gasteiger partial charge on any atom is -0.328 e. The molecule has 0 aliphatic heterocycles. The molecular formula is C15H11BrN4O2. The summed E-state index contributed by atoms with van der Waals surface area (Å²) in [5.74, 6) is -0.188. The molecule has 0 saturated carbocycles. The first-order chi connectivity index (χ1) is 10.6. The molecule has 0 aliphatic carbocycles. The van der Waals surface area contributed by atoms with E-state index in [9.17, 15) is 4.79 Å². The van der Waals surface area contributed by atoms with Crippen molar-refractivity contribution in [3.8, 4) is 11.4 Å². The average molecular weight is 359 g/mol. The molecule has 0 fully saturated rings. The highest BCUT2D eigenvalue weighted by molar-refractivity contribution is 9.10. The summed E-state index contributed by atoms with van der Waals surface area (Å²) in [6.07, 6.45) is 3.24. The van der Waals surface area contributed by atoms with Gasteiger partial charge in [0.1, 0.15) is 0 Å². The standard InChI is InChI=1S/C15H11BrN4O2/c1-9-8-11(16)2-3-12(9)18-14(21)15-19-13(20-22-15)10-4-6-17-7-5-10/h2-8H,1H3,(H,18,21). The van der Waals surface area contributed by atoms with Gasteiger partial charge >= 0.3 is 11.8 Å². The molecule has 1 amide bonds. The van der Waals surface area contributed by atoms with E-state index in [-0.39, 0.29) is 5.89 Å². The zero-order valence-corrected chi connectivity index (χ0v) is 13.2. The molecule has 7 heteroatoms. The Labute approximate surface area is 134 Å². The second kappa shape index (κ2) is 6.07. The first-order valence-corrected chi connectivity index (χ1v) is 7.24. The summed E-state index contributed by atoms with van der Waals surface area (Å²) >= 11 is 3.38. The summed E-state index contributed by atoms with van der Waals surface area (Å²) in [4.78, 5) is 20.2. The SMILES string of the molecule is Cc1cc(Br)ccc1NC(=O)c1nc(-c2ccncc2)no1. The quantitative estimate of drug-likeness (QED) is 0.775. The molecule has 3 rings (SSSR count). The van der Waals surface area contributed by atoms with E-state index in [0.717, 1.165) is 15.6 Å². The Morgan fingerprint density at radius 3 is 2.73 bits per heavy atom. The smallest absolute Gasteiger partial charge is 0.316 e. The van der Waals surface area contributed by atoms with Crippen molar-refractivity contribution in [3.05, 3.63) is 58.7 Å². The van der Waals surface area contributed by atoms with E-state index in [1.165, 1.54) is 0 Å². The highest BCUT2D eigenvalue weighted by Gasteiger charge is 2.17. The van der Waals surface area contributed by atoms with Crippen molar-refractivity contribution < 1.29 is 9.32 Å². The topological polar surface area (TPSA) is 80.9 Å². The largest absolute Gasteiger partial charge is 0.328 e. The van der Waals surface area contributed by atoms with Crippen LogP contribution in [0.1, 0.15) is 16.2 Å². The lowest BCUT2D eigenvalue weighted by Crippen LogP contribution is -2.13. The lowest BCUT2D eigenvalue weighted by atomic mass is 10.2. The van der Waals surface area contributed by atoms with Crippen molar-refractivity contribution in [1.82, 2.24) is 15.1 Å². The summed E-state index contributed by atoms with van der Waals surface area (Å²) in [5.41, 5.74) is 2.35. The second-order valence-electron chi connectivity index (χ2n) is 4.57. The number of aryl methyl sites for hydroxylation is 1. The molecule has 110 valence electrons. The number of benzene rings is 1. The molecule has 0 saturated heterocycles. The molecule has 2 heterocycles. The summed E-state index contributed by atoms with van der Waals surface area (Å²) in [5, 5.41) is 6.55. The van der Waals surface area contributed by atoms with Crippen molar-refractivity contribution in [3.63, 3.8) is 0 Å². The maximum atomic E-state index is 12.2. The molecule has 0 bridgehead atoms. The molecule has 0 atom stereocenters. The van der Waals surface area contributed by atoms with Crippen LogP contribution in [0.15, 0.2) is 51.7 Å². The third-order valence-corrected chi connectivity index (χ3v) is 3.49. The monoisotopic (exact) mass is 358 g/mol. The van der Waals surface area contributed by atoms with Crippen molar-refractivity contribution in [2.24, 2.45) is 0 Å². The van der Waals surface area contributed by atoms with Gasteiger partial charge in [0, 0.05) is 28.1 Å². The number of hydrogen-bond acceptors (Lipinski definition) is 5. The van der Waals surface area contributed by atoms with Gasteiger partial charge in [0.15, 0.2) is 0 Å². The van der Waals surface area contributed by atoms with E-state index in [1.807, 2.05) is 19.1 Å². The number of halogens is 1. The number of aromatic nitrogens is 3. The summed E-state index contributed by atoms with van der Waals surface area (Å²) < 4.78 is 5.96. The van der Waals surface area contributed by atoms with Gasteiger partial charge in [-0.3, -0.25) is 9.78 Å². The van der Waals surface area contributed by atoms with Gasteiger partial charge in [-0.15, -0.1) is 0 Å². The number of hydrogen-bond donors (Lipinski definition) is 1. The number of nitrogens with one attached hydrogen (secondary N) is 1. The fourth-order valence-electron chi connectivity index (χ4n) is 1.88. The number of carbonyl (C=O) groups excluding carboxylic acids is 1. The fourth-order valence-corrected chi connectivity index (χ4v) is 2.35.